The molecule has 0 spiro atoms. The molecule has 2 aliphatic rings. The van der Waals surface area contributed by atoms with Gasteiger partial charge in [0.05, 0.1) is 28.8 Å². The van der Waals surface area contributed by atoms with Crippen molar-refractivity contribution < 1.29 is 4.74 Å². The van der Waals surface area contributed by atoms with Gasteiger partial charge < -0.3 is 10.1 Å². The Morgan fingerprint density at radius 2 is 1.57 bits per heavy atom. The summed E-state index contributed by atoms with van der Waals surface area (Å²) in [5.74, 6) is 0. The van der Waals surface area contributed by atoms with Crippen LogP contribution in [0.5, 0.6) is 0 Å². The highest BCUT2D eigenvalue weighted by molar-refractivity contribution is 6.42. The Kier molecular flexibility index (Phi) is 8.90. The zero-order valence-electron chi connectivity index (χ0n) is 15.6. The Hall–Kier alpha value is -0.520. The van der Waals surface area contributed by atoms with Crippen molar-refractivity contribution >= 4 is 48.0 Å². The lowest BCUT2D eigenvalue weighted by Gasteiger charge is -2.43. The van der Waals surface area contributed by atoms with E-state index in [1.165, 1.54) is 11.1 Å². The molecule has 0 atom stereocenters. The summed E-state index contributed by atoms with van der Waals surface area (Å²) in [4.78, 5) is 2.62. The van der Waals surface area contributed by atoms with Crippen molar-refractivity contribution in [2.24, 2.45) is 0 Å². The molecule has 1 heterocycles. The van der Waals surface area contributed by atoms with Crippen LogP contribution in [0.2, 0.25) is 10.0 Å². The predicted molar refractivity (Wildman–Crippen MR) is 122 cm³/mol. The molecule has 0 amide bonds. The smallest absolute Gasteiger partial charge is 0.0718 e. The Labute approximate surface area is 189 Å². The summed E-state index contributed by atoms with van der Waals surface area (Å²) in [6.45, 7) is 5.52. The van der Waals surface area contributed by atoms with Gasteiger partial charge in [0, 0.05) is 26.2 Å². The highest BCUT2D eigenvalue weighted by Crippen LogP contribution is 2.35. The first-order valence-corrected chi connectivity index (χ1v) is 9.96. The van der Waals surface area contributed by atoms with Gasteiger partial charge >= 0.3 is 0 Å². The van der Waals surface area contributed by atoms with Crippen LogP contribution in [0, 0.1) is 0 Å². The molecule has 28 heavy (non-hydrogen) atoms. The average molecular weight is 464 g/mol. The second kappa shape index (κ2) is 10.5. The molecule has 2 aromatic rings. The lowest BCUT2D eigenvalue weighted by molar-refractivity contribution is -0.0158. The minimum absolute atomic E-state index is 0. The van der Waals surface area contributed by atoms with Crippen molar-refractivity contribution in [2.45, 2.75) is 25.0 Å². The summed E-state index contributed by atoms with van der Waals surface area (Å²) in [6, 6.07) is 14.5. The van der Waals surface area contributed by atoms with Crippen molar-refractivity contribution in [1.29, 1.82) is 0 Å². The maximum Gasteiger partial charge on any atom is 0.0718 e. The second-order valence-corrected chi connectivity index (χ2v) is 8.14. The van der Waals surface area contributed by atoms with Crippen LogP contribution in [-0.2, 0) is 24.2 Å². The van der Waals surface area contributed by atoms with Gasteiger partial charge in [0.25, 0.3) is 0 Å². The Morgan fingerprint density at radius 3 is 2.18 bits per heavy atom. The third-order valence-corrected chi connectivity index (χ3v) is 6.31. The number of halogens is 4. The monoisotopic (exact) mass is 462 g/mol. The average Bonchev–Trinajstić information content (AvgIpc) is 3.05. The van der Waals surface area contributed by atoms with Crippen molar-refractivity contribution in [3.05, 3.63) is 69.2 Å². The Morgan fingerprint density at radius 1 is 0.929 bits per heavy atom. The number of fused-ring (bicyclic) bond motifs is 1. The number of hydrogen-bond acceptors (Lipinski definition) is 3. The van der Waals surface area contributed by atoms with Gasteiger partial charge in [-0.1, -0.05) is 53.5 Å². The van der Waals surface area contributed by atoms with Crippen molar-refractivity contribution in [3.63, 3.8) is 0 Å². The first-order chi connectivity index (χ1) is 12.7. The first kappa shape index (κ1) is 23.8. The summed E-state index contributed by atoms with van der Waals surface area (Å²) in [6.07, 6.45) is 2.12. The van der Waals surface area contributed by atoms with Crippen LogP contribution < -0.4 is 5.32 Å². The van der Waals surface area contributed by atoms with E-state index in [0.717, 1.165) is 51.2 Å². The highest BCUT2D eigenvalue weighted by Gasteiger charge is 2.42. The van der Waals surface area contributed by atoms with Crippen molar-refractivity contribution in [3.8, 4) is 0 Å². The fraction of sp³-hybridized carbons (Fsp3) is 0.429. The van der Waals surface area contributed by atoms with E-state index in [1.807, 2.05) is 18.2 Å². The molecule has 3 nitrogen and oxygen atoms in total. The van der Waals surface area contributed by atoms with Crippen LogP contribution in [-0.4, -0.2) is 43.2 Å². The number of nitrogens with one attached hydrogen (secondary N) is 1. The molecule has 0 saturated carbocycles. The molecule has 1 saturated heterocycles. The van der Waals surface area contributed by atoms with Gasteiger partial charge in [-0.3, -0.25) is 4.90 Å². The van der Waals surface area contributed by atoms with Crippen LogP contribution in [0.15, 0.2) is 42.5 Å². The second-order valence-electron chi connectivity index (χ2n) is 7.32. The topological polar surface area (TPSA) is 24.5 Å². The zero-order valence-corrected chi connectivity index (χ0v) is 18.8. The SMILES string of the molecule is Cl.Cl.Clc1ccc(COCC2(N3CCNCC3)Cc3ccccc3C2)cc1Cl. The van der Waals surface area contributed by atoms with Crippen LogP contribution in [0.1, 0.15) is 16.7 Å². The van der Waals surface area contributed by atoms with Crippen LogP contribution in [0.4, 0.5) is 0 Å². The number of rotatable bonds is 5. The minimum Gasteiger partial charge on any atom is -0.375 e. The maximum absolute atomic E-state index is 6.22. The number of benzene rings is 2. The third kappa shape index (κ3) is 5.14. The lowest BCUT2D eigenvalue weighted by atomic mass is 9.93. The van der Waals surface area contributed by atoms with Gasteiger partial charge in [-0.25, -0.2) is 0 Å². The van der Waals surface area contributed by atoms with E-state index < -0.39 is 0 Å². The minimum atomic E-state index is 0. The molecule has 1 aliphatic heterocycles. The van der Waals surface area contributed by atoms with E-state index in [4.69, 9.17) is 27.9 Å². The quantitative estimate of drug-likeness (QED) is 0.689. The van der Waals surface area contributed by atoms with E-state index >= 15 is 0 Å². The summed E-state index contributed by atoms with van der Waals surface area (Å²) in [5.41, 5.74) is 4.04. The van der Waals surface area contributed by atoms with Gasteiger partial charge in [-0.2, -0.15) is 0 Å². The molecule has 0 bridgehead atoms. The van der Waals surface area contributed by atoms with E-state index in [2.05, 4.69) is 34.5 Å². The zero-order chi connectivity index (χ0) is 18.0. The molecule has 0 unspecified atom stereocenters. The van der Waals surface area contributed by atoms with Crippen molar-refractivity contribution in [2.75, 3.05) is 32.8 Å². The fourth-order valence-corrected chi connectivity index (χ4v) is 4.54. The Bertz CT molecular complexity index is 756. The largest absolute Gasteiger partial charge is 0.375 e. The molecule has 1 aliphatic carbocycles. The number of ether oxygens (including phenoxy) is 1. The summed E-state index contributed by atoms with van der Waals surface area (Å²) in [5, 5.41) is 4.62. The summed E-state index contributed by atoms with van der Waals surface area (Å²) < 4.78 is 6.22. The van der Waals surface area contributed by atoms with E-state index in [0.29, 0.717) is 16.7 Å². The molecular weight excluding hydrogens is 438 g/mol. The molecule has 0 aromatic heterocycles. The van der Waals surface area contributed by atoms with Gasteiger partial charge in [-0.15, -0.1) is 24.8 Å². The lowest BCUT2D eigenvalue weighted by Crippen LogP contribution is -2.59. The van der Waals surface area contributed by atoms with Crippen molar-refractivity contribution in [1.82, 2.24) is 10.2 Å². The highest BCUT2D eigenvalue weighted by atomic mass is 35.5. The number of nitrogens with zero attached hydrogens (tertiary/aromatic N) is 1. The standard InChI is InChI=1S/C21H24Cl2N2O.2ClH/c22-19-6-5-16(11-20(19)23)14-26-15-21(25-9-7-24-8-10-25)12-17-3-1-2-4-18(17)13-21;;/h1-6,11,24H,7-10,12-15H2;2*1H. The predicted octanol–water partition coefficient (Wildman–Crippen LogP) is 4.80. The summed E-state index contributed by atoms with van der Waals surface area (Å²) in [7, 11) is 0. The van der Waals surface area contributed by atoms with Crippen LogP contribution in [0.25, 0.3) is 0 Å². The van der Waals surface area contributed by atoms with E-state index in [-0.39, 0.29) is 30.4 Å². The van der Waals surface area contributed by atoms with E-state index in [9.17, 15) is 0 Å². The van der Waals surface area contributed by atoms with E-state index in [1.54, 1.807) is 0 Å². The normalized spacial score (nSPS) is 18.1. The van der Waals surface area contributed by atoms with Gasteiger partial charge in [-0.05, 0) is 41.7 Å². The number of hydrogen-bond donors (Lipinski definition) is 1. The Balaban J connectivity index is 0.00000140. The molecule has 2 aromatic carbocycles. The fourth-order valence-electron chi connectivity index (χ4n) is 4.22. The first-order valence-electron chi connectivity index (χ1n) is 9.21. The molecule has 1 N–H and O–H groups in total. The molecular formula is C21H26Cl4N2O. The van der Waals surface area contributed by atoms with Gasteiger partial charge in [0.15, 0.2) is 0 Å². The molecule has 0 radical (unpaired) electrons. The molecule has 154 valence electrons. The van der Waals surface area contributed by atoms with Crippen LogP contribution in [0.3, 0.4) is 0 Å². The summed E-state index contributed by atoms with van der Waals surface area (Å²) >= 11 is 12.1. The molecule has 7 heteroatoms. The third-order valence-electron chi connectivity index (χ3n) is 5.57. The molecule has 4 rings (SSSR count). The van der Waals surface area contributed by atoms with Crippen LogP contribution >= 0.6 is 48.0 Å². The van der Waals surface area contributed by atoms with Gasteiger partial charge in [0.2, 0.25) is 0 Å². The number of piperazine rings is 1. The maximum atomic E-state index is 6.22. The molecule has 1 fully saturated rings. The van der Waals surface area contributed by atoms with Gasteiger partial charge in [0.1, 0.15) is 0 Å².